The first-order valence-corrected chi connectivity index (χ1v) is 3.19. The molecule has 2 rings (SSSR count). The van der Waals surface area contributed by atoms with E-state index in [1.165, 1.54) is 0 Å². The van der Waals surface area contributed by atoms with Crippen LogP contribution in [0.15, 0.2) is 17.4 Å². The number of nitrogens with one attached hydrogen (secondary N) is 1. The molecule has 0 fully saturated rings. The topological polar surface area (TPSA) is 41.0 Å². The summed E-state index contributed by atoms with van der Waals surface area (Å²) in [4.78, 5) is 11.1. The third-order valence-electron chi connectivity index (χ3n) is 1.39. The highest BCUT2D eigenvalue weighted by Gasteiger charge is 1.99. The maximum Gasteiger partial charge on any atom is 0.177 e. The Labute approximate surface area is 58.5 Å². The minimum Gasteiger partial charge on any atom is -0.343 e. The van der Waals surface area contributed by atoms with Crippen molar-refractivity contribution in [3.05, 3.63) is 18.1 Å². The number of fused-ring (bicyclic) bond motifs is 1. The highest BCUT2D eigenvalue weighted by molar-refractivity contribution is 5.72. The number of hydrogen-bond acceptors (Lipinski definition) is 2. The molecule has 0 aromatic carbocycles. The third kappa shape index (κ3) is 0.757. The van der Waals surface area contributed by atoms with Gasteiger partial charge in [-0.25, -0.2) is 9.98 Å². The van der Waals surface area contributed by atoms with E-state index in [9.17, 15) is 0 Å². The Morgan fingerprint density at radius 3 is 3.50 bits per heavy atom. The smallest absolute Gasteiger partial charge is 0.177 e. The largest absolute Gasteiger partial charge is 0.343 e. The standard InChI is InChI=1S/C7H7N3/c1-2-4-8-7-6(3-1)9-5-10-7/h1,3-5H,2H2,(H,9,10). The highest BCUT2D eigenvalue weighted by atomic mass is 15.0. The van der Waals surface area contributed by atoms with Crippen molar-refractivity contribution in [1.29, 1.82) is 0 Å². The average molecular weight is 133 g/mol. The number of nitrogens with zero attached hydrogens (tertiary/aromatic N) is 2. The van der Waals surface area contributed by atoms with Crippen LogP contribution in [0.4, 0.5) is 5.82 Å². The Hall–Kier alpha value is -1.38. The van der Waals surface area contributed by atoms with Gasteiger partial charge in [0.1, 0.15) is 0 Å². The second-order valence-corrected chi connectivity index (χ2v) is 2.09. The lowest BCUT2D eigenvalue weighted by Crippen LogP contribution is -1.67. The van der Waals surface area contributed by atoms with Gasteiger partial charge in [0.05, 0.1) is 12.0 Å². The molecule has 0 aliphatic carbocycles. The van der Waals surface area contributed by atoms with Gasteiger partial charge in [-0.3, -0.25) is 0 Å². The van der Waals surface area contributed by atoms with Crippen molar-refractivity contribution in [3.63, 3.8) is 0 Å². The van der Waals surface area contributed by atoms with Crippen molar-refractivity contribution in [2.75, 3.05) is 0 Å². The zero-order chi connectivity index (χ0) is 6.81. The summed E-state index contributed by atoms with van der Waals surface area (Å²) in [6.45, 7) is 0. The summed E-state index contributed by atoms with van der Waals surface area (Å²) in [5.74, 6) is 0.786. The molecule has 0 saturated heterocycles. The van der Waals surface area contributed by atoms with E-state index in [0.29, 0.717) is 0 Å². The van der Waals surface area contributed by atoms with E-state index in [4.69, 9.17) is 0 Å². The van der Waals surface area contributed by atoms with Crippen LogP contribution in [-0.4, -0.2) is 16.2 Å². The van der Waals surface area contributed by atoms with Gasteiger partial charge in [-0.15, -0.1) is 0 Å². The molecule has 0 radical (unpaired) electrons. The van der Waals surface area contributed by atoms with Gasteiger partial charge in [-0.1, -0.05) is 6.08 Å². The van der Waals surface area contributed by atoms with Crippen LogP contribution in [0, 0.1) is 0 Å². The molecule has 1 aromatic rings. The Balaban J connectivity index is 2.56. The lowest BCUT2D eigenvalue weighted by Gasteiger charge is -1.83. The van der Waals surface area contributed by atoms with Crippen LogP contribution in [0.3, 0.4) is 0 Å². The lowest BCUT2D eigenvalue weighted by atomic mass is 10.3. The quantitative estimate of drug-likeness (QED) is 0.572. The van der Waals surface area contributed by atoms with E-state index in [-0.39, 0.29) is 0 Å². The van der Waals surface area contributed by atoms with E-state index in [1.54, 1.807) is 6.33 Å². The maximum atomic E-state index is 4.12. The molecule has 1 aromatic heterocycles. The summed E-state index contributed by atoms with van der Waals surface area (Å²) >= 11 is 0. The van der Waals surface area contributed by atoms with Crippen molar-refractivity contribution in [3.8, 4) is 0 Å². The number of aromatic nitrogens is 2. The number of rotatable bonds is 0. The van der Waals surface area contributed by atoms with Crippen LogP contribution in [0.5, 0.6) is 0 Å². The van der Waals surface area contributed by atoms with Crippen LogP contribution in [0.2, 0.25) is 0 Å². The second kappa shape index (κ2) is 2.10. The fourth-order valence-corrected chi connectivity index (χ4v) is 0.908. The molecule has 50 valence electrons. The zero-order valence-corrected chi connectivity index (χ0v) is 5.41. The monoisotopic (exact) mass is 133 g/mol. The average Bonchev–Trinajstić information content (AvgIpc) is 2.28. The van der Waals surface area contributed by atoms with Gasteiger partial charge in [-0.05, 0) is 6.08 Å². The molecule has 0 atom stereocenters. The first-order chi connectivity index (χ1) is 4.97. The Bertz CT molecular complexity index is 256. The summed E-state index contributed by atoms with van der Waals surface area (Å²) in [7, 11) is 0. The van der Waals surface area contributed by atoms with E-state index in [1.807, 2.05) is 18.4 Å². The minimum absolute atomic E-state index is 0.786. The summed E-state index contributed by atoms with van der Waals surface area (Å²) in [5, 5.41) is 0. The van der Waals surface area contributed by atoms with E-state index >= 15 is 0 Å². The number of aliphatic imine (C=N–C) groups is 1. The zero-order valence-electron chi connectivity index (χ0n) is 5.41. The number of aromatic amines is 1. The molecule has 0 unspecified atom stereocenters. The molecule has 1 aliphatic heterocycles. The summed E-state index contributed by atoms with van der Waals surface area (Å²) in [6, 6.07) is 0. The Morgan fingerprint density at radius 2 is 2.50 bits per heavy atom. The molecule has 1 N–H and O–H groups in total. The molecule has 3 nitrogen and oxygen atoms in total. The molecule has 0 bridgehead atoms. The van der Waals surface area contributed by atoms with Crippen LogP contribution in [0.25, 0.3) is 6.08 Å². The van der Waals surface area contributed by atoms with Gasteiger partial charge in [0.2, 0.25) is 0 Å². The van der Waals surface area contributed by atoms with Gasteiger partial charge in [0.25, 0.3) is 0 Å². The van der Waals surface area contributed by atoms with Crippen molar-refractivity contribution >= 4 is 18.1 Å². The first kappa shape index (κ1) is 5.41. The predicted octanol–water partition coefficient (Wildman–Crippen LogP) is 1.53. The van der Waals surface area contributed by atoms with Gasteiger partial charge in [-0.2, -0.15) is 0 Å². The Kier molecular flexibility index (Phi) is 1.13. The molecule has 0 spiro atoms. The number of allylic oxidation sites excluding steroid dienone is 1. The molecule has 0 amide bonds. The molecule has 3 heteroatoms. The van der Waals surface area contributed by atoms with Crippen LogP contribution >= 0.6 is 0 Å². The minimum atomic E-state index is 0.786. The summed E-state index contributed by atoms with van der Waals surface area (Å²) in [6.07, 6.45) is 8.44. The fourth-order valence-electron chi connectivity index (χ4n) is 0.908. The molecular weight excluding hydrogens is 126 g/mol. The van der Waals surface area contributed by atoms with E-state index in [2.05, 4.69) is 15.0 Å². The van der Waals surface area contributed by atoms with Crippen LogP contribution in [-0.2, 0) is 0 Å². The van der Waals surface area contributed by atoms with Gasteiger partial charge >= 0.3 is 0 Å². The van der Waals surface area contributed by atoms with Crippen LogP contribution in [0.1, 0.15) is 12.1 Å². The summed E-state index contributed by atoms with van der Waals surface area (Å²) in [5.41, 5.74) is 0.994. The highest BCUT2D eigenvalue weighted by Crippen LogP contribution is 2.16. The van der Waals surface area contributed by atoms with Crippen molar-refractivity contribution in [2.45, 2.75) is 6.42 Å². The van der Waals surface area contributed by atoms with Gasteiger partial charge in [0, 0.05) is 12.6 Å². The molecule has 2 heterocycles. The first-order valence-electron chi connectivity index (χ1n) is 3.19. The number of hydrogen-bond donors (Lipinski definition) is 1. The normalized spacial score (nSPS) is 14.8. The third-order valence-corrected chi connectivity index (χ3v) is 1.39. The molecule has 10 heavy (non-hydrogen) atoms. The second-order valence-electron chi connectivity index (χ2n) is 2.09. The number of imidazole rings is 1. The van der Waals surface area contributed by atoms with Gasteiger partial charge in [0.15, 0.2) is 5.82 Å². The summed E-state index contributed by atoms with van der Waals surface area (Å²) < 4.78 is 0. The lowest BCUT2D eigenvalue weighted by molar-refractivity contribution is 1.29. The Morgan fingerprint density at radius 1 is 1.50 bits per heavy atom. The van der Waals surface area contributed by atoms with Crippen molar-refractivity contribution in [1.82, 2.24) is 9.97 Å². The van der Waals surface area contributed by atoms with Crippen molar-refractivity contribution < 1.29 is 0 Å². The molecule has 0 saturated carbocycles. The number of H-pyrrole nitrogens is 1. The fraction of sp³-hybridized carbons (Fsp3) is 0.143. The van der Waals surface area contributed by atoms with Crippen molar-refractivity contribution in [2.24, 2.45) is 4.99 Å². The molecular formula is C7H7N3. The molecule has 1 aliphatic rings. The maximum absolute atomic E-state index is 4.12. The van der Waals surface area contributed by atoms with Gasteiger partial charge < -0.3 is 4.98 Å². The van der Waals surface area contributed by atoms with E-state index < -0.39 is 0 Å². The SMILES string of the molecule is C1=Cc2[nH]cnc2N=CC1. The van der Waals surface area contributed by atoms with Crippen LogP contribution < -0.4 is 0 Å². The predicted molar refractivity (Wildman–Crippen MR) is 40.4 cm³/mol. The van der Waals surface area contributed by atoms with E-state index in [0.717, 1.165) is 17.9 Å².